The van der Waals surface area contributed by atoms with Crippen LogP contribution in [0.1, 0.15) is 52.4 Å². The maximum atomic E-state index is 11.8. The van der Waals surface area contributed by atoms with Gasteiger partial charge in [-0.15, -0.1) is 0 Å². The van der Waals surface area contributed by atoms with Crippen molar-refractivity contribution in [3.8, 4) is 0 Å². The van der Waals surface area contributed by atoms with Gasteiger partial charge in [-0.3, -0.25) is 4.79 Å². The summed E-state index contributed by atoms with van der Waals surface area (Å²) in [6.07, 6.45) is 6.18. The average Bonchev–Trinajstić information content (AvgIpc) is 2.20. The van der Waals surface area contributed by atoms with Crippen LogP contribution in [0.5, 0.6) is 0 Å². The Bertz CT molecular complexity index is 202. The first-order valence-electron chi connectivity index (χ1n) is 6.17. The molecule has 0 radical (unpaired) electrons. The van der Waals surface area contributed by atoms with Gasteiger partial charge in [0.05, 0.1) is 0 Å². The molecule has 1 unspecified atom stereocenters. The van der Waals surface area contributed by atoms with Crippen molar-refractivity contribution in [3.63, 3.8) is 0 Å². The van der Waals surface area contributed by atoms with Crippen LogP contribution in [0.25, 0.3) is 0 Å². The van der Waals surface area contributed by atoms with Gasteiger partial charge in [-0.1, -0.05) is 20.3 Å². The van der Waals surface area contributed by atoms with E-state index in [0.717, 1.165) is 25.7 Å². The maximum Gasteiger partial charge on any atom is 0.220 e. The SMILES string of the molecule is CCC(CN)CC(=O)NC1(CC)CCC1. The predicted molar refractivity (Wildman–Crippen MR) is 62.5 cm³/mol. The molecule has 1 rings (SSSR count). The van der Waals surface area contributed by atoms with Crippen molar-refractivity contribution in [1.29, 1.82) is 0 Å². The van der Waals surface area contributed by atoms with E-state index in [4.69, 9.17) is 5.73 Å². The summed E-state index contributed by atoms with van der Waals surface area (Å²) in [6.45, 7) is 4.85. The van der Waals surface area contributed by atoms with Crippen molar-refractivity contribution >= 4 is 5.91 Å². The highest BCUT2D eigenvalue weighted by Crippen LogP contribution is 2.34. The summed E-state index contributed by atoms with van der Waals surface area (Å²) in [6, 6.07) is 0. The molecular formula is C12H24N2O. The second kappa shape index (κ2) is 5.50. The second-order valence-corrected chi connectivity index (χ2v) is 4.75. The molecule has 0 aromatic carbocycles. The first kappa shape index (κ1) is 12.5. The van der Waals surface area contributed by atoms with Crippen LogP contribution in [0.3, 0.4) is 0 Å². The Morgan fingerprint density at radius 2 is 2.13 bits per heavy atom. The van der Waals surface area contributed by atoms with Gasteiger partial charge in [-0.25, -0.2) is 0 Å². The molecule has 0 aromatic rings. The van der Waals surface area contributed by atoms with E-state index >= 15 is 0 Å². The lowest BCUT2D eigenvalue weighted by Crippen LogP contribution is -2.53. The molecule has 1 atom stereocenters. The van der Waals surface area contributed by atoms with Crippen LogP contribution in [0.2, 0.25) is 0 Å². The molecule has 3 N–H and O–H groups in total. The normalized spacial score (nSPS) is 20.5. The summed E-state index contributed by atoms with van der Waals surface area (Å²) in [4.78, 5) is 11.8. The Kier molecular flexibility index (Phi) is 4.58. The summed E-state index contributed by atoms with van der Waals surface area (Å²) in [5, 5.41) is 3.18. The third-order valence-electron chi connectivity index (χ3n) is 3.78. The topological polar surface area (TPSA) is 55.1 Å². The van der Waals surface area contributed by atoms with Gasteiger partial charge in [0.1, 0.15) is 0 Å². The number of hydrogen-bond acceptors (Lipinski definition) is 2. The van der Waals surface area contributed by atoms with Crippen LogP contribution in [0.15, 0.2) is 0 Å². The van der Waals surface area contributed by atoms with Gasteiger partial charge in [0, 0.05) is 12.0 Å². The zero-order valence-electron chi connectivity index (χ0n) is 10.0. The van der Waals surface area contributed by atoms with Gasteiger partial charge in [-0.05, 0) is 38.1 Å². The third kappa shape index (κ3) is 3.20. The van der Waals surface area contributed by atoms with Crippen molar-refractivity contribution in [2.45, 2.75) is 57.9 Å². The van der Waals surface area contributed by atoms with Crippen molar-refractivity contribution in [3.05, 3.63) is 0 Å². The van der Waals surface area contributed by atoms with Gasteiger partial charge in [0.2, 0.25) is 5.91 Å². The smallest absolute Gasteiger partial charge is 0.220 e. The van der Waals surface area contributed by atoms with Gasteiger partial charge >= 0.3 is 0 Å². The minimum atomic E-state index is 0.129. The molecule has 0 bridgehead atoms. The van der Waals surface area contributed by atoms with Crippen molar-refractivity contribution in [2.75, 3.05) is 6.54 Å². The fourth-order valence-electron chi connectivity index (χ4n) is 2.17. The van der Waals surface area contributed by atoms with Crippen LogP contribution in [0.4, 0.5) is 0 Å². The quantitative estimate of drug-likeness (QED) is 0.705. The van der Waals surface area contributed by atoms with Crippen LogP contribution in [-0.2, 0) is 4.79 Å². The Labute approximate surface area is 92.8 Å². The van der Waals surface area contributed by atoms with Gasteiger partial charge in [0.25, 0.3) is 0 Å². The van der Waals surface area contributed by atoms with Crippen LogP contribution >= 0.6 is 0 Å². The van der Waals surface area contributed by atoms with Gasteiger partial charge in [-0.2, -0.15) is 0 Å². The van der Waals surface area contributed by atoms with E-state index in [1.165, 1.54) is 6.42 Å². The summed E-state index contributed by atoms with van der Waals surface area (Å²) in [5.74, 6) is 0.535. The van der Waals surface area contributed by atoms with E-state index < -0.39 is 0 Å². The first-order valence-corrected chi connectivity index (χ1v) is 6.17. The largest absolute Gasteiger partial charge is 0.351 e. The van der Waals surface area contributed by atoms with Crippen molar-refractivity contribution in [2.24, 2.45) is 11.7 Å². The first-order chi connectivity index (χ1) is 7.15. The van der Waals surface area contributed by atoms with E-state index in [1.54, 1.807) is 0 Å². The van der Waals surface area contributed by atoms with Crippen molar-refractivity contribution in [1.82, 2.24) is 5.32 Å². The molecule has 15 heavy (non-hydrogen) atoms. The minimum Gasteiger partial charge on any atom is -0.351 e. The number of rotatable bonds is 6. The molecule has 0 saturated heterocycles. The molecule has 3 nitrogen and oxygen atoms in total. The highest BCUT2D eigenvalue weighted by atomic mass is 16.1. The highest BCUT2D eigenvalue weighted by Gasteiger charge is 2.36. The molecule has 1 aliphatic rings. The zero-order chi connectivity index (χ0) is 11.3. The van der Waals surface area contributed by atoms with Gasteiger partial charge in [0.15, 0.2) is 0 Å². The van der Waals surface area contributed by atoms with Crippen LogP contribution in [-0.4, -0.2) is 18.0 Å². The number of amides is 1. The van der Waals surface area contributed by atoms with Crippen molar-refractivity contribution < 1.29 is 4.79 Å². The molecule has 0 spiro atoms. The van der Waals surface area contributed by atoms with E-state index in [0.29, 0.717) is 18.9 Å². The summed E-state index contributed by atoms with van der Waals surface area (Å²) < 4.78 is 0. The minimum absolute atomic E-state index is 0.129. The lowest BCUT2D eigenvalue weighted by atomic mass is 9.74. The number of hydrogen-bond donors (Lipinski definition) is 2. The highest BCUT2D eigenvalue weighted by molar-refractivity contribution is 5.77. The molecule has 1 amide bonds. The number of nitrogens with one attached hydrogen (secondary N) is 1. The fraction of sp³-hybridized carbons (Fsp3) is 0.917. The van der Waals surface area contributed by atoms with Gasteiger partial charge < -0.3 is 11.1 Å². The van der Waals surface area contributed by atoms with E-state index in [9.17, 15) is 4.79 Å². The Morgan fingerprint density at radius 1 is 1.47 bits per heavy atom. The predicted octanol–water partition coefficient (Wildman–Crippen LogP) is 1.81. The molecule has 0 heterocycles. The molecule has 88 valence electrons. The Balaban J connectivity index is 2.34. The Hall–Kier alpha value is -0.570. The molecule has 3 heteroatoms. The second-order valence-electron chi connectivity index (χ2n) is 4.75. The van der Waals surface area contributed by atoms with E-state index in [-0.39, 0.29) is 11.4 Å². The number of nitrogens with two attached hydrogens (primary N) is 1. The maximum absolute atomic E-state index is 11.8. The lowest BCUT2D eigenvalue weighted by Gasteiger charge is -2.42. The third-order valence-corrected chi connectivity index (χ3v) is 3.78. The zero-order valence-corrected chi connectivity index (χ0v) is 10.0. The number of carbonyl (C=O) groups is 1. The lowest BCUT2D eigenvalue weighted by molar-refractivity contribution is -0.125. The number of carbonyl (C=O) groups excluding carboxylic acids is 1. The standard InChI is InChI=1S/C12H24N2O/c1-3-10(9-13)8-11(15)14-12(4-2)6-5-7-12/h10H,3-9,13H2,1-2H3,(H,14,15). The molecular weight excluding hydrogens is 188 g/mol. The molecule has 1 fully saturated rings. The van der Waals surface area contributed by atoms with E-state index in [1.807, 2.05) is 0 Å². The monoisotopic (exact) mass is 212 g/mol. The molecule has 0 aromatic heterocycles. The van der Waals surface area contributed by atoms with Crippen LogP contribution in [0, 0.1) is 5.92 Å². The fourth-order valence-corrected chi connectivity index (χ4v) is 2.17. The summed E-state index contributed by atoms with van der Waals surface area (Å²) >= 11 is 0. The molecule has 1 saturated carbocycles. The average molecular weight is 212 g/mol. The van der Waals surface area contributed by atoms with Crippen LogP contribution < -0.4 is 11.1 Å². The summed E-state index contributed by atoms with van der Waals surface area (Å²) in [5.41, 5.74) is 5.72. The summed E-state index contributed by atoms with van der Waals surface area (Å²) in [7, 11) is 0. The molecule has 0 aliphatic heterocycles. The Morgan fingerprint density at radius 3 is 2.47 bits per heavy atom. The van der Waals surface area contributed by atoms with E-state index in [2.05, 4.69) is 19.2 Å². The molecule has 1 aliphatic carbocycles.